The van der Waals surface area contributed by atoms with E-state index in [1.54, 1.807) is 25.1 Å². The van der Waals surface area contributed by atoms with E-state index in [2.05, 4.69) is 25.3 Å². The fourth-order valence-electron chi connectivity index (χ4n) is 2.98. The number of hydrogen-bond acceptors (Lipinski definition) is 6. The first-order chi connectivity index (χ1) is 15.1. The van der Waals surface area contributed by atoms with E-state index >= 15 is 0 Å². The normalized spacial score (nSPS) is 12.4. The number of hydrogen-bond donors (Lipinski definition) is 3. The molecule has 0 aliphatic rings. The van der Waals surface area contributed by atoms with Crippen LogP contribution in [0.1, 0.15) is 18.1 Å². The molecule has 3 aromatic rings. The van der Waals surface area contributed by atoms with Crippen LogP contribution in [0, 0.1) is 13.8 Å². The number of nitrogens with zero attached hydrogens (tertiary/aromatic N) is 2. The third-order valence-corrected chi connectivity index (χ3v) is 5.01. The van der Waals surface area contributed by atoms with Gasteiger partial charge in [0.1, 0.15) is 11.6 Å². The molecule has 0 spiro atoms. The Kier molecular flexibility index (Phi) is 7.10. The fraction of sp³-hybridized carbons (Fsp3) is 0.273. The molecule has 1 atom stereocenters. The van der Waals surface area contributed by atoms with E-state index in [0.717, 1.165) is 16.8 Å². The molecule has 1 aromatic heterocycles. The highest BCUT2D eigenvalue weighted by Gasteiger charge is 2.31. The van der Waals surface area contributed by atoms with Crippen LogP contribution in [-0.2, 0) is 0 Å². The molecule has 0 aliphatic carbocycles. The molecule has 0 radical (unpaired) electrons. The topological polar surface area (TPSA) is 79.3 Å². The Hall–Kier alpha value is -3.04. The summed E-state index contributed by atoms with van der Waals surface area (Å²) in [4.78, 5) is 8.83. The van der Waals surface area contributed by atoms with E-state index in [4.69, 9.17) is 11.6 Å². The van der Waals surface area contributed by atoms with E-state index in [0.29, 0.717) is 22.1 Å². The second-order valence-corrected chi connectivity index (χ2v) is 7.66. The van der Waals surface area contributed by atoms with Gasteiger partial charge in [-0.25, -0.2) is 4.98 Å². The van der Waals surface area contributed by atoms with Gasteiger partial charge in [-0.15, -0.1) is 13.2 Å². The van der Waals surface area contributed by atoms with Gasteiger partial charge >= 0.3 is 6.36 Å². The van der Waals surface area contributed by atoms with Crippen LogP contribution in [0.2, 0.25) is 5.02 Å². The van der Waals surface area contributed by atoms with E-state index in [-0.39, 0.29) is 24.3 Å². The molecule has 0 unspecified atom stereocenters. The minimum absolute atomic E-state index is 0.155. The molecule has 1 heterocycles. The Labute approximate surface area is 188 Å². The van der Waals surface area contributed by atoms with Crippen molar-refractivity contribution >= 4 is 29.1 Å². The highest BCUT2D eigenvalue weighted by molar-refractivity contribution is 6.31. The molecule has 32 heavy (non-hydrogen) atoms. The number of aromatic nitrogens is 2. The number of halogens is 4. The predicted octanol–water partition coefficient (Wildman–Crippen LogP) is 5.85. The summed E-state index contributed by atoms with van der Waals surface area (Å²) in [5.41, 5.74) is 3.28. The lowest BCUT2D eigenvalue weighted by Gasteiger charge is -2.17. The maximum Gasteiger partial charge on any atom is 0.573 e. The highest BCUT2D eigenvalue weighted by atomic mass is 35.5. The van der Waals surface area contributed by atoms with Crippen molar-refractivity contribution in [2.24, 2.45) is 0 Å². The van der Waals surface area contributed by atoms with Crippen LogP contribution < -0.4 is 15.4 Å². The minimum Gasteiger partial charge on any atom is -0.406 e. The van der Waals surface area contributed by atoms with Gasteiger partial charge in [-0.05, 0) is 50.1 Å². The molecule has 2 aromatic carbocycles. The standard InChI is InChI=1S/C22H22ClF3N4O2/c1-12-7-8-17(23)14(3)20(12)29-19-10-18(28-21(30-19)27-13(2)11-31)15-5-4-6-16(9-15)32-22(24,25)26/h4-10,13,31H,11H2,1-3H3,(H2,27,28,29,30)/t13-/m0/s1. The van der Waals surface area contributed by atoms with Gasteiger partial charge in [0.25, 0.3) is 0 Å². The number of aliphatic hydroxyl groups excluding tert-OH is 1. The molecule has 0 amide bonds. The Bertz CT molecular complexity index is 1110. The number of aryl methyl sites for hydroxylation is 1. The second kappa shape index (κ2) is 9.62. The van der Waals surface area contributed by atoms with Gasteiger partial charge < -0.3 is 20.5 Å². The molecule has 0 bridgehead atoms. The summed E-state index contributed by atoms with van der Waals surface area (Å²) < 4.78 is 41.9. The van der Waals surface area contributed by atoms with Gasteiger partial charge in [-0.1, -0.05) is 29.8 Å². The number of benzene rings is 2. The van der Waals surface area contributed by atoms with Crippen LogP contribution in [0.4, 0.5) is 30.6 Å². The predicted molar refractivity (Wildman–Crippen MR) is 119 cm³/mol. The molecular formula is C22H22ClF3N4O2. The quantitative estimate of drug-likeness (QED) is 0.405. The van der Waals surface area contributed by atoms with Gasteiger partial charge in [-0.3, -0.25) is 0 Å². The molecule has 170 valence electrons. The van der Waals surface area contributed by atoms with Gasteiger partial charge in [0.15, 0.2) is 0 Å². The molecule has 10 heteroatoms. The Morgan fingerprint density at radius 1 is 1.12 bits per heavy atom. The molecule has 3 rings (SSSR count). The van der Waals surface area contributed by atoms with E-state index in [1.165, 1.54) is 18.2 Å². The lowest BCUT2D eigenvalue weighted by molar-refractivity contribution is -0.274. The summed E-state index contributed by atoms with van der Waals surface area (Å²) in [5, 5.41) is 16.1. The smallest absolute Gasteiger partial charge is 0.406 e. The molecule has 3 N–H and O–H groups in total. The van der Waals surface area contributed by atoms with E-state index in [1.807, 2.05) is 19.9 Å². The summed E-state index contributed by atoms with van der Waals surface area (Å²) in [7, 11) is 0. The average Bonchev–Trinajstić information content (AvgIpc) is 2.72. The molecular weight excluding hydrogens is 445 g/mol. The SMILES string of the molecule is Cc1ccc(Cl)c(C)c1Nc1cc(-c2cccc(OC(F)(F)F)c2)nc(N[C@@H](C)CO)n1. The van der Waals surface area contributed by atoms with Crippen molar-refractivity contribution in [2.45, 2.75) is 33.2 Å². The molecule has 0 saturated heterocycles. The van der Waals surface area contributed by atoms with Gasteiger partial charge in [0, 0.05) is 28.4 Å². The lowest BCUT2D eigenvalue weighted by Crippen LogP contribution is -2.21. The van der Waals surface area contributed by atoms with Crippen molar-refractivity contribution in [1.29, 1.82) is 0 Å². The van der Waals surface area contributed by atoms with Crippen LogP contribution in [0.5, 0.6) is 5.75 Å². The second-order valence-electron chi connectivity index (χ2n) is 7.25. The monoisotopic (exact) mass is 466 g/mol. The highest BCUT2D eigenvalue weighted by Crippen LogP contribution is 2.32. The maximum absolute atomic E-state index is 12.6. The van der Waals surface area contributed by atoms with E-state index in [9.17, 15) is 18.3 Å². The van der Waals surface area contributed by atoms with Crippen molar-refractivity contribution in [3.05, 3.63) is 58.6 Å². The molecule has 0 saturated carbocycles. The Balaban J connectivity index is 2.05. The zero-order valence-electron chi connectivity index (χ0n) is 17.6. The number of nitrogens with one attached hydrogen (secondary N) is 2. The Morgan fingerprint density at radius 2 is 1.88 bits per heavy atom. The largest absolute Gasteiger partial charge is 0.573 e. The molecule has 0 aliphatic heterocycles. The summed E-state index contributed by atoms with van der Waals surface area (Å²) in [5.74, 6) is 0.243. The number of anilines is 3. The lowest BCUT2D eigenvalue weighted by atomic mass is 10.1. The first kappa shape index (κ1) is 23.6. The van der Waals surface area contributed by atoms with Crippen molar-refractivity contribution in [1.82, 2.24) is 9.97 Å². The number of ether oxygens (including phenoxy) is 1. The number of rotatable bonds is 7. The van der Waals surface area contributed by atoms with Crippen LogP contribution in [0.3, 0.4) is 0 Å². The Morgan fingerprint density at radius 3 is 2.56 bits per heavy atom. The summed E-state index contributed by atoms with van der Waals surface area (Å²) in [6.07, 6.45) is -4.80. The first-order valence-electron chi connectivity index (χ1n) is 9.71. The fourth-order valence-corrected chi connectivity index (χ4v) is 3.14. The van der Waals surface area contributed by atoms with E-state index < -0.39 is 6.36 Å². The maximum atomic E-state index is 12.6. The first-order valence-corrected chi connectivity index (χ1v) is 10.1. The molecule has 6 nitrogen and oxygen atoms in total. The van der Waals surface area contributed by atoms with Crippen LogP contribution in [0.25, 0.3) is 11.3 Å². The van der Waals surface area contributed by atoms with Crippen molar-refractivity contribution in [3.63, 3.8) is 0 Å². The van der Waals surface area contributed by atoms with Crippen LogP contribution >= 0.6 is 11.6 Å². The summed E-state index contributed by atoms with van der Waals surface area (Å²) >= 11 is 6.25. The third-order valence-electron chi connectivity index (χ3n) is 4.60. The van der Waals surface area contributed by atoms with Gasteiger partial charge in [0.2, 0.25) is 5.95 Å². The average molecular weight is 467 g/mol. The zero-order valence-corrected chi connectivity index (χ0v) is 18.3. The zero-order chi connectivity index (χ0) is 23.5. The van der Waals surface area contributed by atoms with Crippen molar-refractivity contribution in [2.75, 3.05) is 17.2 Å². The van der Waals surface area contributed by atoms with Gasteiger partial charge in [0.05, 0.1) is 12.3 Å². The van der Waals surface area contributed by atoms with Gasteiger partial charge in [-0.2, -0.15) is 4.98 Å². The van der Waals surface area contributed by atoms with Crippen LogP contribution in [0.15, 0.2) is 42.5 Å². The van der Waals surface area contributed by atoms with Crippen LogP contribution in [-0.4, -0.2) is 34.1 Å². The summed E-state index contributed by atoms with van der Waals surface area (Å²) in [6.45, 7) is 5.37. The molecule has 0 fully saturated rings. The van der Waals surface area contributed by atoms with Crippen molar-refractivity contribution in [3.8, 4) is 17.0 Å². The third kappa shape index (κ3) is 6.02. The number of aliphatic hydroxyl groups is 1. The minimum atomic E-state index is -4.80. The summed E-state index contributed by atoms with van der Waals surface area (Å²) in [6, 6.07) is 10.5. The number of alkyl halides is 3. The van der Waals surface area contributed by atoms with Crippen molar-refractivity contribution < 1.29 is 23.0 Å².